The van der Waals surface area contributed by atoms with Crippen LogP contribution in [0.15, 0.2) is 97.2 Å². The number of hydrogen-bond acceptors (Lipinski definition) is 3. The number of aromatic nitrogens is 4. The third-order valence-electron chi connectivity index (χ3n) is 9.94. The highest BCUT2D eigenvalue weighted by atomic mass is 16.5. The molecule has 5 heteroatoms. The Hall–Kier alpha value is -5.16. The van der Waals surface area contributed by atoms with Gasteiger partial charge >= 0.3 is 0 Å². The lowest BCUT2D eigenvalue weighted by molar-refractivity contribution is 0.481. The summed E-state index contributed by atoms with van der Waals surface area (Å²) in [6.45, 7) is 17.7. The molecule has 3 heterocycles. The van der Waals surface area contributed by atoms with E-state index in [1.54, 1.807) is 0 Å². The fourth-order valence-electron chi connectivity index (χ4n) is 7.43. The average molecular weight is 661 g/mol. The lowest BCUT2D eigenvalue weighted by atomic mass is 9.91. The summed E-state index contributed by atoms with van der Waals surface area (Å²) in [5.74, 6) is 3.08. The Bertz CT molecular complexity index is 2320. The number of aryl methyl sites for hydroxylation is 4. The number of benzene rings is 4. The molecule has 0 N–H and O–H groups in total. The van der Waals surface area contributed by atoms with E-state index in [1.165, 1.54) is 56.3 Å². The monoisotopic (exact) mass is 660 g/mol. The molecular weight excluding hydrogens is 613 g/mol. The number of nitrogens with zero attached hydrogens (tertiary/aromatic N) is 4. The van der Waals surface area contributed by atoms with Crippen molar-refractivity contribution in [3.63, 3.8) is 0 Å². The lowest BCUT2D eigenvalue weighted by Gasteiger charge is -2.18. The van der Waals surface area contributed by atoms with E-state index >= 15 is 0 Å². The van der Waals surface area contributed by atoms with E-state index < -0.39 is 0 Å². The number of rotatable bonds is 10. The van der Waals surface area contributed by atoms with Crippen molar-refractivity contribution in [1.82, 2.24) is 19.3 Å². The summed E-state index contributed by atoms with van der Waals surface area (Å²) in [7, 11) is 0. The maximum atomic E-state index is 6.79. The summed E-state index contributed by atoms with van der Waals surface area (Å²) in [4.78, 5) is 4.86. The van der Waals surface area contributed by atoms with Crippen molar-refractivity contribution in [1.29, 1.82) is 0 Å². The van der Waals surface area contributed by atoms with Gasteiger partial charge in [0.2, 0.25) is 0 Å². The van der Waals surface area contributed by atoms with E-state index in [-0.39, 0.29) is 5.92 Å². The lowest BCUT2D eigenvalue weighted by Crippen LogP contribution is -2.06. The highest BCUT2D eigenvalue weighted by Crippen LogP contribution is 2.40. The van der Waals surface area contributed by atoms with E-state index in [2.05, 4.69) is 156 Å². The molecule has 0 saturated heterocycles. The molecule has 254 valence electrons. The average Bonchev–Trinajstić information content (AvgIpc) is 3.62. The predicted octanol–water partition coefficient (Wildman–Crippen LogP) is 12.3. The first-order chi connectivity index (χ1) is 24.1. The number of pyridine rings is 1. The molecule has 7 rings (SSSR count). The van der Waals surface area contributed by atoms with Gasteiger partial charge in [0.1, 0.15) is 17.3 Å². The quantitative estimate of drug-likeness (QED) is 0.147. The van der Waals surface area contributed by atoms with Crippen molar-refractivity contribution in [2.24, 2.45) is 0 Å². The first kappa shape index (κ1) is 33.3. The molecule has 0 bridgehead atoms. The van der Waals surface area contributed by atoms with Gasteiger partial charge in [-0.15, -0.1) is 0 Å². The van der Waals surface area contributed by atoms with Gasteiger partial charge in [-0.3, -0.25) is 4.57 Å². The van der Waals surface area contributed by atoms with Crippen LogP contribution in [0.2, 0.25) is 0 Å². The van der Waals surface area contributed by atoms with Crippen LogP contribution in [0.25, 0.3) is 44.4 Å². The molecule has 7 aromatic rings. The van der Waals surface area contributed by atoms with Crippen molar-refractivity contribution in [3.05, 3.63) is 131 Å². The standard InChI is InChI=1S/C45H48N4O/c1-9-10-16-33-21-22-46-42(23-33)48-40-18-12-11-17-38(40)39-20-19-36(27-41(39)48)50-37-25-34(28(2)3)24-35(26-37)49-45(29(4)5)44(32(8)47-49)43-30(6)14-13-15-31(43)7/h11-15,17-29H,9-10,16H2,1-8H3. The molecule has 50 heavy (non-hydrogen) atoms. The molecule has 5 nitrogen and oxygen atoms in total. The zero-order valence-electron chi connectivity index (χ0n) is 30.7. The minimum absolute atomic E-state index is 0.260. The number of hydrogen-bond donors (Lipinski definition) is 0. The van der Waals surface area contributed by atoms with Crippen molar-refractivity contribution >= 4 is 21.8 Å². The Morgan fingerprint density at radius 2 is 1.46 bits per heavy atom. The van der Waals surface area contributed by atoms with E-state index in [0.29, 0.717) is 5.92 Å². The van der Waals surface area contributed by atoms with Gasteiger partial charge in [-0.1, -0.05) is 77.4 Å². The van der Waals surface area contributed by atoms with Crippen LogP contribution >= 0.6 is 0 Å². The summed E-state index contributed by atoms with van der Waals surface area (Å²) < 4.78 is 11.2. The Morgan fingerprint density at radius 1 is 0.700 bits per heavy atom. The summed E-state index contributed by atoms with van der Waals surface area (Å²) in [6.07, 6.45) is 5.32. The predicted molar refractivity (Wildman–Crippen MR) is 209 cm³/mol. The van der Waals surface area contributed by atoms with Gasteiger partial charge in [-0.25, -0.2) is 9.67 Å². The zero-order valence-corrected chi connectivity index (χ0v) is 30.7. The molecule has 4 aromatic carbocycles. The van der Waals surface area contributed by atoms with Crippen molar-refractivity contribution in [3.8, 4) is 34.1 Å². The summed E-state index contributed by atoms with van der Waals surface area (Å²) in [5.41, 5.74) is 13.0. The third kappa shape index (κ3) is 6.10. The minimum atomic E-state index is 0.260. The fraction of sp³-hybridized carbons (Fsp3) is 0.289. The maximum absolute atomic E-state index is 6.79. The van der Waals surface area contributed by atoms with Crippen molar-refractivity contribution in [2.75, 3.05) is 0 Å². The molecular formula is C45H48N4O. The van der Waals surface area contributed by atoms with E-state index in [9.17, 15) is 0 Å². The Kier molecular flexibility index (Phi) is 9.09. The van der Waals surface area contributed by atoms with E-state index in [0.717, 1.165) is 52.6 Å². The molecule has 0 saturated carbocycles. The fourth-order valence-corrected chi connectivity index (χ4v) is 7.43. The van der Waals surface area contributed by atoms with Gasteiger partial charge in [-0.2, -0.15) is 5.10 Å². The van der Waals surface area contributed by atoms with Crippen molar-refractivity contribution in [2.45, 2.75) is 86.5 Å². The van der Waals surface area contributed by atoms with Crippen molar-refractivity contribution < 1.29 is 4.74 Å². The molecule has 0 atom stereocenters. The highest BCUT2D eigenvalue weighted by molar-refractivity contribution is 6.09. The van der Waals surface area contributed by atoms with Gasteiger partial charge < -0.3 is 4.74 Å². The molecule has 0 spiro atoms. The van der Waals surface area contributed by atoms with Gasteiger partial charge in [0.15, 0.2) is 0 Å². The first-order valence-electron chi connectivity index (χ1n) is 18.1. The number of para-hydroxylation sites is 1. The summed E-state index contributed by atoms with van der Waals surface area (Å²) >= 11 is 0. The molecule has 0 aliphatic carbocycles. The number of unbranched alkanes of at least 4 members (excludes halogenated alkanes) is 1. The van der Waals surface area contributed by atoms with Gasteiger partial charge in [0.25, 0.3) is 0 Å². The Labute approximate surface area is 296 Å². The molecule has 0 radical (unpaired) electrons. The van der Waals surface area contributed by atoms with Gasteiger partial charge in [0.05, 0.1) is 28.1 Å². The van der Waals surface area contributed by atoms with Crippen LogP contribution in [-0.4, -0.2) is 19.3 Å². The summed E-state index contributed by atoms with van der Waals surface area (Å²) in [6, 6.07) is 32.5. The second-order valence-electron chi connectivity index (χ2n) is 14.4. The van der Waals surface area contributed by atoms with Gasteiger partial charge in [0, 0.05) is 34.7 Å². The van der Waals surface area contributed by atoms with Crippen LogP contribution in [0.4, 0.5) is 0 Å². The molecule has 0 amide bonds. The van der Waals surface area contributed by atoms with Crippen LogP contribution in [-0.2, 0) is 6.42 Å². The van der Waals surface area contributed by atoms with Crippen LogP contribution in [0.3, 0.4) is 0 Å². The SMILES string of the molecule is CCCCc1ccnc(-n2c3ccccc3c3ccc(Oc4cc(C(C)C)cc(-n5nc(C)c(-c6c(C)cccc6C)c5C(C)C)c4)cc32)c1. The second kappa shape index (κ2) is 13.6. The number of fused-ring (bicyclic) bond motifs is 3. The maximum Gasteiger partial charge on any atom is 0.137 e. The third-order valence-corrected chi connectivity index (χ3v) is 9.94. The summed E-state index contributed by atoms with van der Waals surface area (Å²) in [5, 5.41) is 7.58. The topological polar surface area (TPSA) is 44.9 Å². The molecule has 0 fully saturated rings. The Morgan fingerprint density at radius 3 is 2.20 bits per heavy atom. The highest BCUT2D eigenvalue weighted by Gasteiger charge is 2.24. The second-order valence-corrected chi connectivity index (χ2v) is 14.4. The molecule has 0 aliphatic heterocycles. The van der Waals surface area contributed by atoms with Crippen LogP contribution in [0.1, 0.15) is 92.9 Å². The normalized spacial score (nSPS) is 11.8. The first-order valence-corrected chi connectivity index (χ1v) is 18.1. The zero-order chi connectivity index (χ0) is 35.1. The van der Waals surface area contributed by atoms with Crippen LogP contribution in [0.5, 0.6) is 11.5 Å². The largest absolute Gasteiger partial charge is 0.457 e. The molecule has 3 aromatic heterocycles. The minimum Gasteiger partial charge on any atom is -0.457 e. The molecule has 0 aliphatic rings. The van der Waals surface area contributed by atoms with Gasteiger partial charge in [-0.05, 0) is 116 Å². The van der Waals surface area contributed by atoms with Crippen LogP contribution < -0.4 is 4.74 Å². The smallest absolute Gasteiger partial charge is 0.137 e. The van der Waals surface area contributed by atoms with E-state index in [1.807, 2.05) is 6.20 Å². The van der Waals surface area contributed by atoms with E-state index in [4.69, 9.17) is 14.8 Å². The Balaban J connectivity index is 1.35. The molecule has 0 unspecified atom stereocenters. The number of ether oxygens (including phenoxy) is 1. The van der Waals surface area contributed by atoms with Crippen LogP contribution in [0, 0.1) is 20.8 Å².